The summed E-state index contributed by atoms with van der Waals surface area (Å²) in [6, 6.07) is 0. The Hall–Kier alpha value is -0.700. The topological polar surface area (TPSA) is 18.5 Å². The highest BCUT2D eigenvalue weighted by Crippen LogP contribution is 2.32. The number of fused-ring (bicyclic) bond motifs is 1. The molecule has 0 unspecified atom stereocenters. The SMILES string of the molecule is [c-]1scc2c1OCCO2. The lowest BCUT2D eigenvalue weighted by molar-refractivity contribution is 0.173. The quantitative estimate of drug-likeness (QED) is 0.507. The van der Waals surface area contributed by atoms with Crippen molar-refractivity contribution >= 4 is 11.3 Å². The summed E-state index contributed by atoms with van der Waals surface area (Å²) in [5.74, 6) is 1.61. The van der Waals surface area contributed by atoms with Crippen LogP contribution in [0.3, 0.4) is 0 Å². The van der Waals surface area contributed by atoms with Crippen LogP contribution in [0.1, 0.15) is 0 Å². The van der Waals surface area contributed by atoms with Crippen LogP contribution in [0, 0.1) is 5.38 Å². The molecule has 0 saturated heterocycles. The first kappa shape index (κ1) is 5.11. The maximum absolute atomic E-state index is 5.22. The number of rotatable bonds is 0. The normalized spacial score (nSPS) is 15.6. The first-order chi connectivity index (χ1) is 4.47. The van der Waals surface area contributed by atoms with Gasteiger partial charge >= 0.3 is 0 Å². The van der Waals surface area contributed by atoms with E-state index in [1.54, 1.807) is 0 Å². The van der Waals surface area contributed by atoms with Gasteiger partial charge in [-0.25, -0.2) is 0 Å². The lowest BCUT2D eigenvalue weighted by Gasteiger charge is -2.20. The molecule has 1 aromatic heterocycles. The fraction of sp³-hybridized carbons (Fsp3) is 0.333. The molecule has 2 rings (SSSR count). The van der Waals surface area contributed by atoms with E-state index in [1.165, 1.54) is 11.3 Å². The van der Waals surface area contributed by atoms with Gasteiger partial charge in [-0.15, -0.1) is 5.38 Å². The van der Waals surface area contributed by atoms with Gasteiger partial charge in [-0.2, -0.15) is 0 Å². The van der Waals surface area contributed by atoms with E-state index in [2.05, 4.69) is 5.38 Å². The van der Waals surface area contributed by atoms with Crippen molar-refractivity contribution in [3.8, 4) is 11.5 Å². The van der Waals surface area contributed by atoms with Gasteiger partial charge in [0, 0.05) is 11.5 Å². The van der Waals surface area contributed by atoms with Crippen molar-refractivity contribution < 1.29 is 9.47 Å². The highest BCUT2D eigenvalue weighted by atomic mass is 32.1. The Morgan fingerprint density at radius 1 is 1.44 bits per heavy atom. The summed E-state index contributed by atoms with van der Waals surface area (Å²) < 4.78 is 10.4. The monoisotopic (exact) mass is 141 g/mol. The van der Waals surface area contributed by atoms with Crippen LogP contribution in [-0.2, 0) is 0 Å². The highest BCUT2D eigenvalue weighted by molar-refractivity contribution is 7.07. The summed E-state index contributed by atoms with van der Waals surface area (Å²) in [6.45, 7) is 1.32. The first-order valence-corrected chi connectivity index (χ1v) is 3.59. The lowest BCUT2D eigenvalue weighted by atomic mass is 10.5. The van der Waals surface area contributed by atoms with Crippen LogP contribution < -0.4 is 9.47 Å². The summed E-state index contributed by atoms with van der Waals surface area (Å²) in [5.41, 5.74) is 0. The third-order valence-corrected chi connectivity index (χ3v) is 1.76. The molecule has 0 saturated carbocycles. The fourth-order valence-corrected chi connectivity index (χ4v) is 1.34. The molecular weight excluding hydrogens is 136 g/mol. The van der Waals surface area contributed by atoms with Gasteiger partial charge in [0.25, 0.3) is 0 Å². The van der Waals surface area contributed by atoms with Crippen molar-refractivity contribution in [3.05, 3.63) is 10.8 Å². The van der Waals surface area contributed by atoms with E-state index in [4.69, 9.17) is 9.47 Å². The van der Waals surface area contributed by atoms with E-state index in [0.29, 0.717) is 13.2 Å². The van der Waals surface area contributed by atoms with Gasteiger partial charge in [0.2, 0.25) is 0 Å². The van der Waals surface area contributed by atoms with E-state index >= 15 is 0 Å². The predicted molar refractivity (Wildman–Crippen MR) is 34.1 cm³/mol. The first-order valence-electron chi connectivity index (χ1n) is 2.71. The van der Waals surface area contributed by atoms with E-state index in [-0.39, 0.29) is 0 Å². The standard InChI is InChI=1S/C6H5O2S/c1-2-8-6-4-9-3-5(6)7-1/h3H,1-2H2/q-1. The predicted octanol–water partition coefficient (Wildman–Crippen LogP) is 1.32. The Labute approximate surface area is 57.0 Å². The molecular formula is C6H5O2S-. The average Bonchev–Trinajstić information content (AvgIpc) is 2.33. The smallest absolute Gasteiger partial charge is 0.118 e. The van der Waals surface area contributed by atoms with Crippen molar-refractivity contribution in [1.82, 2.24) is 0 Å². The summed E-state index contributed by atoms with van der Waals surface area (Å²) in [4.78, 5) is 0. The summed E-state index contributed by atoms with van der Waals surface area (Å²) >= 11 is 1.48. The Balaban J connectivity index is 2.39. The Morgan fingerprint density at radius 2 is 2.33 bits per heavy atom. The van der Waals surface area contributed by atoms with Crippen molar-refractivity contribution in [2.75, 3.05) is 13.2 Å². The molecule has 1 aromatic rings. The second-order valence-corrected chi connectivity index (χ2v) is 2.40. The van der Waals surface area contributed by atoms with Gasteiger partial charge in [0.05, 0.1) is 0 Å². The van der Waals surface area contributed by atoms with Gasteiger partial charge in [0.1, 0.15) is 13.2 Å². The fourth-order valence-electron chi connectivity index (χ4n) is 0.736. The molecule has 9 heavy (non-hydrogen) atoms. The molecule has 0 atom stereocenters. The van der Waals surface area contributed by atoms with Crippen LogP contribution in [0.2, 0.25) is 0 Å². The molecule has 0 bridgehead atoms. The number of ether oxygens (including phenoxy) is 2. The molecule has 0 aromatic carbocycles. The van der Waals surface area contributed by atoms with E-state index < -0.39 is 0 Å². The zero-order chi connectivity index (χ0) is 6.10. The minimum atomic E-state index is 0.653. The largest absolute Gasteiger partial charge is 0.555 e. The van der Waals surface area contributed by atoms with Crippen molar-refractivity contribution in [3.63, 3.8) is 0 Å². The second kappa shape index (κ2) is 1.92. The molecule has 0 N–H and O–H groups in total. The minimum Gasteiger partial charge on any atom is -0.555 e. The third-order valence-electron chi connectivity index (χ3n) is 1.13. The van der Waals surface area contributed by atoms with Crippen LogP contribution in [0.15, 0.2) is 5.38 Å². The van der Waals surface area contributed by atoms with Crippen LogP contribution in [0.4, 0.5) is 0 Å². The molecule has 0 radical (unpaired) electrons. The van der Waals surface area contributed by atoms with Crippen molar-refractivity contribution in [1.29, 1.82) is 0 Å². The molecule has 2 nitrogen and oxygen atoms in total. The Kier molecular flexibility index (Phi) is 1.09. The zero-order valence-corrected chi connectivity index (χ0v) is 5.53. The second-order valence-electron chi connectivity index (χ2n) is 1.73. The summed E-state index contributed by atoms with van der Waals surface area (Å²) in [5, 5.41) is 4.85. The molecule has 0 amide bonds. The molecule has 0 fully saturated rings. The molecule has 3 heteroatoms. The van der Waals surface area contributed by atoms with E-state index in [0.717, 1.165) is 11.5 Å². The minimum absolute atomic E-state index is 0.653. The molecule has 2 heterocycles. The van der Waals surface area contributed by atoms with E-state index in [9.17, 15) is 0 Å². The number of hydrogen-bond donors (Lipinski definition) is 0. The maximum atomic E-state index is 5.22. The van der Waals surface area contributed by atoms with Gasteiger partial charge in [-0.1, -0.05) is 5.38 Å². The maximum Gasteiger partial charge on any atom is 0.118 e. The Morgan fingerprint density at radius 3 is 3.22 bits per heavy atom. The highest BCUT2D eigenvalue weighted by Gasteiger charge is 2.00. The number of hydrogen-bond acceptors (Lipinski definition) is 3. The molecule has 1 aliphatic rings. The summed E-state index contributed by atoms with van der Waals surface area (Å²) in [7, 11) is 0. The van der Waals surface area contributed by atoms with Gasteiger partial charge < -0.3 is 9.47 Å². The molecule has 0 spiro atoms. The molecule has 1 aliphatic heterocycles. The van der Waals surface area contributed by atoms with Crippen LogP contribution in [0.25, 0.3) is 0 Å². The molecule has 48 valence electrons. The summed E-state index contributed by atoms with van der Waals surface area (Å²) in [6.07, 6.45) is 0. The van der Waals surface area contributed by atoms with Crippen molar-refractivity contribution in [2.45, 2.75) is 0 Å². The van der Waals surface area contributed by atoms with Gasteiger partial charge in [-0.3, -0.25) is 11.3 Å². The van der Waals surface area contributed by atoms with Crippen molar-refractivity contribution in [2.24, 2.45) is 0 Å². The zero-order valence-electron chi connectivity index (χ0n) is 4.72. The van der Waals surface area contributed by atoms with Gasteiger partial charge in [-0.05, 0) is 0 Å². The lowest BCUT2D eigenvalue weighted by Crippen LogP contribution is -2.13. The van der Waals surface area contributed by atoms with Crippen LogP contribution in [-0.4, -0.2) is 13.2 Å². The average molecular weight is 141 g/mol. The van der Waals surface area contributed by atoms with E-state index in [1.807, 2.05) is 5.38 Å². The Bertz CT molecular complexity index is 186. The third kappa shape index (κ3) is 0.772. The van der Waals surface area contributed by atoms with Crippen LogP contribution in [0.5, 0.6) is 11.5 Å². The number of thiophene rings is 1. The molecule has 0 aliphatic carbocycles. The van der Waals surface area contributed by atoms with Crippen LogP contribution >= 0.6 is 11.3 Å². The van der Waals surface area contributed by atoms with Gasteiger partial charge in [0.15, 0.2) is 0 Å².